The molecular weight excluding hydrogens is 1540 g/mol. The molecule has 0 spiro atoms. The van der Waals surface area contributed by atoms with E-state index in [0.717, 1.165) is 78.9 Å². The molecule has 0 aliphatic carbocycles. The lowest BCUT2D eigenvalue weighted by Crippen LogP contribution is -2.66. The van der Waals surface area contributed by atoms with Gasteiger partial charge in [0.15, 0.2) is 29.9 Å². The molecule has 11 bridgehead atoms. The van der Waals surface area contributed by atoms with Gasteiger partial charge in [-0.1, -0.05) is 85.6 Å². The number of hydrogen-bond acceptors (Lipinski definition) is 27. The van der Waals surface area contributed by atoms with Crippen LogP contribution < -0.4 is 68.2 Å². The second kappa shape index (κ2) is 35.0. The van der Waals surface area contributed by atoms with E-state index >= 15 is 19.2 Å². The van der Waals surface area contributed by atoms with E-state index in [2.05, 4.69) is 42.5 Å². The van der Waals surface area contributed by atoms with E-state index in [1.54, 1.807) is 44.2 Å². The summed E-state index contributed by atoms with van der Waals surface area (Å²) in [7, 11) is 0. The highest BCUT2D eigenvalue weighted by atomic mass is 35.5. The molecular formula is C75H82Cl2N10O27. The summed E-state index contributed by atoms with van der Waals surface area (Å²) in [6, 6.07) is 6.21. The summed E-state index contributed by atoms with van der Waals surface area (Å²) in [5.41, 5.74) is 7.26. The number of nitrogens with two attached hydrogens (primary N) is 2. The lowest BCUT2D eigenvalue weighted by atomic mass is 9.85. The summed E-state index contributed by atoms with van der Waals surface area (Å²) in [6.45, 7) is 4.48. The van der Waals surface area contributed by atoms with Gasteiger partial charge in [0, 0.05) is 29.2 Å². The molecule has 1 unspecified atom stereocenters. The predicted molar refractivity (Wildman–Crippen MR) is 393 cm³/mol. The van der Waals surface area contributed by atoms with Crippen LogP contribution in [0, 0.1) is 5.92 Å². The van der Waals surface area contributed by atoms with Crippen molar-refractivity contribution >= 4 is 82.5 Å². The van der Waals surface area contributed by atoms with Gasteiger partial charge in [-0.2, -0.15) is 0 Å². The van der Waals surface area contributed by atoms with Crippen molar-refractivity contribution in [2.24, 2.45) is 17.4 Å². The molecule has 0 saturated carbocycles. The Morgan fingerprint density at radius 3 is 1.93 bits per heavy atom. The number of benzene rings is 6. The van der Waals surface area contributed by atoms with Crippen LogP contribution in [0.15, 0.2) is 109 Å². The molecule has 7 aliphatic heterocycles. The highest BCUT2D eigenvalue weighted by molar-refractivity contribution is 6.32. The van der Waals surface area contributed by atoms with Crippen LogP contribution in [0.1, 0.15) is 111 Å². The number of amides is 9. The van der Waals surface area contributed by atoms with Gasteiger partial charge in [-0.25, -0.2) is 9.59 Å². The molecule has 608 valence electrons. The predicted octanol–water partition coefficient (Wildman–Crippen LogP) is 0.929. The van der Waals surface area contributed by atoms with Gasteiger partial charge in [0.1, 0.15) is 108 Å². The van der Waals surface area contributed by atoms with Gasteiger partial charge < -0.3 is 138 Å². The molecule has 0 radical (unpaired) electrons. The van der Waals surface area contributed by atoms with Crippen molar-refractivity contribution in [3.8, 4) is 57.1 Å². The van der Waals surface area contributed by atoms with Gasteiger partial charge in [-0.3, -0.25) is 38.4 Å². The number of aromatic hydroxyl groups is 3. The number of primary amides is 1. The number of aliphatic hydroxyl groups is 6. The van der Waals surface area contributed by atoms with Crippen molar-refractivity contribution in [3.05, 3.63) is 153 Å². The first-order valence-corrected chi connectivity index (χ1v) is 36.3. The number of phenols is 3. The lowest BCUT2D eigenvalue weighted by Gasteiger charge is -2.48. The van der Waals surface area contributed by atoms with E-state index < -0.39 is 278 Å². The Kier molecular flexibility index (Phi) is 25.7. The summed E-state index contributed by atoms with van der Waals surface area (Å²) >= 11 is 14.2. The zero-order valence-electron chi connectivity index (χ0n) is 60.9. The van der Waals surface area contributed by atoms with Crippen LogP contribution in [-0.4, -0.2) is 202 Å². The van der Waals surface area contributed by atoms with Crippen LogP contribution in [-0.2, 0) is 68.7 Å². The molecule has 9 amide bonds. The number of hydrogen-bond donors (Lipinski definition) is 20. The lowest BCUT2D eigenvalue weighted by molar-refractivity contribution is -0.334. The number of alkyl carbamates (subject to hydrolysis) is 1. The maximum absolute atomic E-state index is 16.2. The fraction of sp³-hybridized carbons (Fsp3) is 0.387. The van der Waals surface area contributed by atoms with Gasteiger partial charge in [0.25, 0.3) is 0 Å². The van der Waals surface area contributed by atoms with Crippen molar-refractivity contribution in [2.45, 2.75) is 163 Å². The third-order valence-corrected chi connectivity index (χ3v) is 20.1. The normalized spacial score (nSPS) is 27.2. The average Bonchev–Trinajstić information content (AvgIpc) is 0.768. The second-order valence-electron chi connectivity index (χ2n) is 28.3. The molecule has 2 fully saturated rings. The maximum Gasteiger partial charge on any atom is 0.408 e. The molecule has 114 heavy (non-hydrogen) atoms. The van der Waals surface area contributed by atoms with Crippen LogP contribution in [0.5, 0.6) is 46.0 Å². The first-order chi connectivity index (χ1) is 54.0. The summed E-state index contributed by atoms with van der Waals surface area (Å²) in [5.74, 6) is -18.1. The smallest absolute Gasteiger partial charge is 0.408 e. The molecule has 0 aromatic heterocycles. The van der Waals surface area contributed by atoms with E-state index in [-0.39, 0.29) is 30.1 Å². The molecule has 13 rings (SSSR count). The third-order valence-electron chi connectivity index (χ3n) is 19.5. The van der Waals surface area contributed by atoms with Crippen molar-refractivity contribution in [2.75, 3.05) is 13.2 Å². The standard InChI is InChI=1S/C75H82Cl2N10O27/c1-29(2)16-41(81-74(107)108-28-31-8-6-5-7-9-31)66(99)85-57-59(94)33-11-14-45(39(76)18-33)110-47-20-35-21-48(63(47)114-73-64(62(97)61(96)49(27-88)112-73)113-52-25-75(4,87-51(93)26-78)65(98)30(3)109-52)111-46-15-12-34(19-40(46)77)60(95)58-71(104)84-56(72(105)106)38-22-36(89)23-44(91)53(38)37-17-32(10-13-43(37)90)54(68(101)86-58)83-69(102)55(35)82-67(100)42(24-50(79)92)80-70(57)103/h5-15,17-23,29-30,41-42,49,52,54-62,64-65,73,88-91,94-98H,16,24-28,78H2,1-4H3,(H2,79,92)(H,80,103)(H,81,107)(H,82,100)(H,83,102)(H,84,104)(H,85,99)(H,86,101)(H,87,93)(H,105,106)/t30-,41-,42-,49+,52-,54+,55+,56-,57+,58-,59+,60+,61+,62-,64+,65+,73?,75-/m0/s1. The molecule has 7 aliphatic rings. The van der Waals surface area contributed by atoms with Crippen LogP contribution in [0.25, 0.3) is 11.1 Å². The van der Waals surface area contributed by atoms with Crippen LogP contribution in [0.3, 0.4) is 0 Å². The van der Waals surface area contributed by atoms with Crippen molar-refractivity contribution in [3.63, 3.8) is 0 Å². The molecule has 6 aromatic rings. The number of phenolic OH excluding ortho intramolecular Hbond substituents is 3. The number of carboxylic acids is 1. The van der Waals surface area contributed by atoms with Crippen molar-refractivity contribution in [1.82, 2.24) is 42.5 Å². The van der Waals surface area contributed by atoms with E-state index in [4.69, 9.17) is 67.8 Å². The zero-order valence-corrected chi connectivity index (χ0v) is 62.4. The Hall–Kier alpha value is -11.2. The SMILES string of the molecule is CC(C)C[C@H](NC(=O)OCc1ccccc1)C(=O)N[C@H]1C(=O)N[C@@H](CC(N)=O)C(=O)N[C@H]2C(=O)N[C@H]3C(=O)N[C@H](C(=O)N[C@H](C(=O)O)c4cc(O)cc(O)c4-c4cc3ccc4O)[C@H](O)c3ccc(c(Cl)c3)Oc3cc2cc(c3OC2O[C@H](CO)[C@@H](O)[C@H](O)[C@H]2O[C@H]2C[C@](C)(NC(=O)CN)[C@H](O)[C@H](C)O2)Oc2ccc(cc2Cl)[C@H]1O. The van der Waals surface area contributed by atoms with Crippen LogP contribution in [0.4, 0.5) is 4.79 Å². The minimum Gasteiger partial charge on any atom is -0.508 e. The first-order valence-electron chi connectivity index (χ1n) is 35.5. The Morgan fingerprint density at radius 1 is 0.693 bits per heavy atom. The Labute approximate surface area is 657 Å². The van der Waals surface area contributed by atoms with E-state index in [1.807, 2.05) is 0 Å². The largest absolute Gasteiger partial charge is 0.508 e. The number of fused-ring (bicyclic) bond motifs is 15. The van der Waals surface area contributed by atoms with E-state index in [9.17, 15) is 79.8 Å². The number of carbonyl (C=O) groups is 10. The topological polar surface area (TPSA) is 586 Å². The molecule has 22 N–H and O–H groups in total. The minimum atomic E-state index is -2.43. The first kappa shape index (κ1) is 83.7. The third kappa shape index (κ3) is 18.5. The fourth-order valence-electron chi connectivity index (χ4n) is 13.7. The molecule has 18 atom stereocenters. The highest BCUT2D eigenvalue weighted by Gasteiger charge is 2.53. The van der Waals surface area contributed by atoms with Gasteiger partial charge >= 0.3 is 12.1 Å². The average molecular weight is 1630 g/mol. The summed E-state index contributed by atoms with van der Waals surface area (Å²) in [6.07, 6.45) is -21.4. The van der Waals surface area contributed by atoms with Gasteiger partial charge in [-0.05, 0) is 109 Å². The van der Waals surface area contributed by atoms with Gasteiger partial charge in [0.2, 0.25) is 59.3 Å². The van der Waals surface area contributed by atoms with Gasteiger partial charge in [0.05, 0.1) is 41.3 Å². The van der Waals surface area contributed by atoms with Crippen LogP contribution >= 0.6 is 23.2 Å². The maximum atomic E-state index is 16.2. The number of aliphatic hydroxyl groups excluding tert-OH is 6. The number of carbonyl (C=O) groups excluding carboxylic acids is 9. The number of carboxylic acid groups (broad SMARTS) is 1. The fourth-order valence-corrected chi connectivity index (χ4v) is 14.2. The number of aliphatic carboxylic acids is 1. The van der Waals surface area contributed by atoms with Crippen LogP contribution in [0.2, 0.25) is 10.0 Å². The Bertz CT molecular complexity index is 4720. The van der Waals surface area contributed by atoms with Crippen molar-refractivity contribution in [1.29, 1.82) is 0 Å². The van der Waals surface area contributed by atoms with Crippen molar-refractivity contribution < 1.29 is 132 Å². The van der Waals surface area contributed by atoms with Gasteiger partial charge in [-0.15, -0.1) is 0 Å². The second-order valence-corrected chi connectivity index (χ2v) is 29.1. The summed E-state index contributed by atoms with van der Waals surface area (Å²) in [4.78, 5) is 145. The number of rotatable bonds is 17. The number of ether oxygens (including phenoxy) is 7. The molecule has 6 aromatic carbocycles. The molecule has 7 heterocycles. The molecule has 2 saturated heterocycles. The summed E-state index contributed by atoms with van der Waals surface area (Å²) in [5, 5.41) is 134. The molecule has 37 nitrogen and oxygen atoms in total. The number of halogens is 2. The monoisotopic (exact) mass is 1620 g/mol. The minimum absolute atomic E-state index is 0.118. The quantitative estimate of drug-likeness (QED) is 0.0604. The summed E-state index contributed by atoms with van der Waals surface area (Å²) < 4.78 is 44.0. The number of nitrogens with one attached hydrogen (secondary N) is 8. The van der Waals surface area contributed by atoms with E-state index in [0.29, 0.717) is 5.56 Å². The Balaban J connectivity index is 1.13. The Morgan fingerprint density at radius 2 is 1.32 bits per heavy atom. The highest BCUT2D eigenvalue weighted by Crippen LogP contribution is 2.50. The molecule has 39 heteroatoms. The zero-order chi connectivity index (χ0) is 82.6. The van der Waals surface area contributed by atoms with E-state index in [1.165, 1.54) is 13.8 Å².